The van der Waals surface area contributed by atoms with Crippen molar-refractivity contribution in [3.8, 4) is 11.1 Å². The van der Waals surface area contributed by atoms with Gasteiger partial charge in [-0.1, -0.05) is 99.2 Å². The number of nitrogens with zero attached hydrogens (tertiary/aromatic N) is 1. The van der Waals surface area contributed by atoms with Crippen molar-refractivity contribution in [3.05, 3.63) is 120 Å². The normalized spacial score (nSPS) is 21.8. The second-order valence-electron chi connectivity index (χ2n) is 12.1. The molecule has 1 amide bonds. The minimum Gasteiger partial charge on any atom is -0.445 e. The molecule has 5 rings (SSSR count). The summed E-state index contributed by atoms with van der Waals surface area (Å²) in [4.78, 5) is 14.5. The number of hydrogen-bond acceptors (Lipinski definition) is 6. The Kier molecular flexibility index (Phi) is 11.6. The average Bonchev–Trinajstić information content (AvgIpc) is 3.62. The predicted octanol–water partition coefficient (Wildman–Crippen LogP) is 7.48. The molecule has 0 radical (unpaired) electrons. The third-order valence-corrected chi connectivity index (χ3v) is 8.93. The molecule has 3 aromatic rings. The standard InChI is InChI=1S/C38H46N2O5/c1-4-20-40(34-14-6-7-15-34)25-35-27(3)36(30-18-16-28(26-41)17-19-30)45-37(44-35)33-13-9-12-32(23-33)31-11-8-10-29(22-31)24-39-38(42)43-21-5-2/h4-5,8-13,16-19,22-23,27,34-37,41H,1-2,6-7,14-15,20-21,24-26H2,3H3,(H,39,42). The fraction of sp³-hybridized carbons (Fsp3) is 0.395. The minimum atomic E-state index is -0.549. The summed E-state index contributed by atoms with van der Waals surface area (Å²) in [6.07, 6.45) is 7.27. The Labute approximate surface area is 267 Å². The van der Waals surface area contributed by atoms with E-state index >= 15 is 0 Å². The van der Waals surface area contributed by atoms with E-state index in [1.807, 2.05) is 36.4 Å². The van der Waals surface area contributed by atoms with E-state index in [4.69, 9.17) is 14.2 Å². The number of ether oxygens (including phenoxy) is 3. The number of alkyl carbamates (subject to hydrolysis) is 1. The summed E-state index contributed by atoms with van der Waals surface area (Å²) in [5.41, 5.74) is 5.95. The highest BCUT2D eigenvalue weighted by Gasteiger charge is 2.40. The first-order valence-corrected chi connectivity index (χ1v) is 16.1. The second-order valence-corrected chi connectivity index (χ2v) is 12.1. The lowest BCUT2D eigenvalue weighted by Crippen LogP contribution is -2.47. The number of aliphatic hydroxyl groups excluding tert-OH is 1. The zero-order valence-corrected chi connectivity index (χ0v) is 26.3. The molecule has 7 heteroatoms. The zero-order chi connectivity index (χ0) is 31.6. The summed E-state index contributed by atoms with van der Waals surface area (Å²) < 4.78 is 18.6. The fourth-order valence-electron chi connectivity index (χ4n) is 6.45. The van der Waals surface area contributed by atoms with Crippen LogP contribution >= 0.6 is 0 Å². The van der Waals surface area contributed by atoms with Crippen LogP contribution < -0.4 is 5.32 Å². The molecule has 0 bridgehead atoms. The molecule has 3 aromatic carbocycles. The summed E-state index contributed by atoms with van der Waals surface area (Å²) in [6.45, 7) is 12.0. The number of aliphatic hydroxyl groups is 1. The van der Waals surface area contributed by atoms with E-state index in [0.717, 1.165) is 46.5 Å². The molecule has 45 heavy (non-hydrogen) atoms. The van der Waals surface area contributed by atoms with E-state index in [2.05, 4.69) is 72.8 Å². The molecule has 238 valence electrons. The smallest absolute Gasteiger partial charge is 0.407 e. The number of carbonyl (C=O) groups excluding carboxylic acids is 1. The van der Waals surface area contributed by atoms with Crippen LogP contribution in [0.4, 0.5) is 4.79 Å². The van der Waals surface area contributed by atoms with Gasteiger partial charge in [0.05, 0.1) is 18.8 Å². The third kappa shape index (κ3) is 8.50. The summed E-state index contributed by atoms with van der Waals surface area (Å²) in [7, 11) is 0. The maximum Gasteiger partial charge on any atom is 0.407 e. The van der Waals surface area contributed by atoms with Gasteiger partial charge in [-0.15, -0.1) is 6.58 Å². The maximum absolute atomic E-state index is 11.9. The largest absolute Gasteiger partial charge is 0.445 e. The van der Waals surface area contributed by atoms with E-state index < -0.39 is 12.4 Å². The minimum absolute atomic E-state index is 0.0110. The Morgan fingerprint density at radius 2 is 1.69 bits per heavy atom. The SMILES string of the molecule is C=CCOC(=O)NCc1cccc(-c2cccc(C3OC(CN(CC=C)C4CCCC4)C(C)C(c4ccc(CO)cc4)O3)c2)c1. The number of hydrogen-bond donors (Lipinski definition) is 2. The van der Waals surface area contributed by atoms with Crippen LogP contribution in [0.1, 0.15) is 67.3 Å². The van der Waals surface area contributed by atoms with Gasteiger partial charge in [0.1, 0.15) is 6.61 Å². The van der Waals surface area contributed by atoms with Crippen molar-refractivity contribution < 1.29 is 24.1 Å². The van der Waals surface area contributed by atoms with Crippen LogP contribution in [0.15, 0.2) is 98.1 Å². The van der Waals surface area contributed by atoms with Gasteiger partial charge in [-0.2, -0.15) is 0 Å². The first-order chi connectivity index (χ1) is 22.0. The number of carbonyl (C=O) groups is 1. The van der Waals surface area contributed by atoms with Gasteiger partial charge in [-0.05, 0) is 52.8 Å². The van der Waals surface area contributed by atoms with Crippen molar-refractivity contribution in [1.29, 1.82) is 0 Å². The highest BCUT2D eigenvalue weighted by Crippen LogP contribution is 2.43. The highest BCUT2D eigenvalue weighted by atomic mass is 16.7. The van der Waals surface area contributed by atoms with Crippen molar-refractivity contribution in [2.45, 2.75) is 70.3 Å². The number of amides is 1. The summed E-state index contributed by atoms with van der Waals surface area (Å²) in [5.74, 6) is 0.112. The van der Waals surface area contributed by atoms with Gasteiger partial charge in [0.25, 0.3) is 0 Å². The van der Waals surface area contributed by atoms with Crippen molar-refractivity contribution in [1.82, 2.24) is 10.2 Å². The van der Waals surface area contributed by atoms with Crippen LogP contribution in [0.3, 0.4) is 0 Å². The lowest BCUT2D eigenvalue weighted by atomic mass is 9.89. The molecule has 7 nitrogen and oxygen atoms in total. The number of benzene rings is 3. The van der Waals surface area contributed by atoms with E-state index in [0.29, 0.717) is 12.6 Å². The molecule has 1 aliphatic heterocycles. The van der Waals surface area contributed by atoms with E-state index in [-0.39, 0.29) is 31.3 Å². The van der Waals surface area contributed by atoms with Crippen molar-refractivity contribution in [3.63, 3.8) is 0 Å². The van der Waals surface area contributed by atoms with Gasteiger partial charge >= 0.3 is 6.09 Å². The average molecular weight is 611 g/mol. The predicted molar refractivity (Wildman–Crippen MR) is 177 cm³/mol. The van der Waals surface area contributed by atoms with Crippen LogP contribution in [0, 0.1) is 5.92 Å². The van der Waals surface area contributed by atoms with E-state index in [1.165, 1.54) is 31.8 Å². The molecule has 1 heterocycles. The molecule has 1 saturated heterocycles. The maximum atomic E-state index is 11.9. The molecule has 4 atom stereocenters. The number of nitrogens with one attached hydrogen (secondary N) is 1. The second kappa shape index (κ2) is 16.0. The summed E-state index contributed by atoms with van der Waals surface area (Å²) in [6, 6.07) is 25.0. The molecule has 2 fully saturated rings. The van der Waals surface area contributed by atoms with Crippen molar-refractivity contribution >= 4 is 6.09 Å². The van der Waals surface area contributed by atoms with Crippen LogP contribution in [0.25, 0.3) is 11.1 Å². The van der Waals surface area contributed by atoms with E-state index in [1.54, 1.807) is 0 Å². The molecular formula is C38H46N2O5. The van der Waals surface area contributed by atoms with Gasteiger partial charge < -0.3 is 24.6 Å². The topological polar surface area (TPSA) is 80.3 Å². The molecular weight excluding hydrogens is 564 g/mol. The summed E-state index contributed by atoms with van der Waals surface area (Å²) >= 11 is 0. The highest BCUT2D eigenvalue weighted by molar-refractivity contribution is 5.68. The van der Waals surface area contributed by atoms with Gasteiger partial charge in [-0.25, -0.2) is 4.79 Å². The third-order valence-electron chi connectivity index (χ3n) is 8.93. The lowest BCUT2D eigenvalue weighted by Gasteiger charge is -2.43. The van der Waals surface area contributed by atoms with Gasteiger partial charge in [-0.3, -0.25) is 4.90 Å². The van der Waals surface area contributed by atoms with Crippen molar-refractivity contribution in [2.75, 3.05) is 19.7 Å². The van der Waals surface area contributed by atoms with Crippen LogP contribution in [0.2, 0.25) is 0 Å². The van der Waals surface area contributed by atoms with Crippen LogP contribution in [-0.2, 0) is 27.4 Å². The first kappa shape index (κ1) is 32.6. The Bertz CT molecular complexity index is 1420. The summed E-state index contributed by atoms with van der Waals surface area (Å²) in [5, 5.41) is 12.4. The van der Waals surface area contributed by atoms with Gasteiger partial charge in [0.2, 0.25) is 0 Å². The monoisotopic (exact) mass is 610 g/mol. The van der Waals surface area contributed by atoms with Crippen LogP contribution in [0.5, 0.6) is 0 Å². The van der Waals surface area contributed by atoms with E-state index in [9.17, 15) is 9.90 Å². The first-order valence-electron chi connectivity index (χ1n) is 16.1. The molecule has 2 N–H and O–H groups in total. The van der Waals surface area contributed by atoms with Crippen molar-refractivity contribution in [2.24, 2.45) is 5.92 Å². The molecule has 0 aromatic heterocycles. The molecule has 4 unspecified atom stereocenters. The fourth-order valence-corrected chi connectivity index (χ4v) is 6.45. The quantitative estimate of drug-likeness (QED) is 0.195. The Morgan fingerprint density at radius 1 is 0.956 bits per heavy atom. The molecule has 0 spiro atoms. The van der Waals surface area contributed by atoms with Gasteiger partial charge in [0, 0.05) is 37.2 Å². The lowest BCUT2D eigenvalue weighted by molar-refractivity contribution is -0.276. The molecule has 1 saturated carbocycles. The zero-order valence-electron chi connectivity index (χ0n) is 26.3. The van der Waals surface area contributed by atoms with Gasteiger partial charge in [0.15, 0.2) is 6.29 Å². The number of rotatable bonds is 13. The Hall–Kier alpha value is -3.75. The Morgan fingerprint density at radius 3 is 2.40 bits per heavy atom. The Balaban J connectivity index is 1.39. The van der Waals surface area contributed by atoms with Crippen LogP contribution in [-0.4, -0.2) is 47.9 Å². The molecule has 1 aliphatic carbocycles. The molecule has 2 aliphatic rings.